The van der Waals surface area contributed by atoms with E-state index in [0.29, 0.717) is 28.3 Å². The summed E-state index contributed by atoms with van der Waals surface area (Å²) in [4.78, 5) is 28.2. The predicted molar refractivity (Wildman–Crippen MR) is 98.8 cm³/mol. The smallest absolute Gasteiger partial charge is 0.246 e. The van der Waals surface area contributed by atoms with Gasteiger partial charge in [0.2, 0.25) is 5.91 Å². The number of hydrazone groups is 1. The molecule has 0 aliphatic rings. The molecule has 3 aromatic rings. The number of carbonyl (C=O) groups is 2. The van der Waals surface area contributed by atoms with E-state index in [1.807, 2.05) is 16.0 Å². The highest BCUT2D eigenvalue weighted by Gasteiger charge is 2.10. The highest BCUT2D eigenvalue weighted by Crippen LogP contribution is 2.20. The molecule has 0 saturated carbocycles. The van der Waals surface area contributed by atoms with Gasteiger partial charge in [-0.3, -0.25) is 9.20 Å². The van der Waals surface area contributed by atoms with E-state index < -0.39 is 5.97 Å². The Morgan fingerprint density at radius 3 is 2.89 bits per heavy atom. The van der Waals surface area contributed by atoms with Gasteiger partial charge in [-0.05, 0) is 30.7 Å². The van der Waals surface area contributed by atoms with Gasteiger partial charge in [0.25, 0.3) is 0 Å². The highest BCUT2D eigenvalue weighted by molar-refractivity contribution is 7.15. The molecule has 2 aromatic heterocycles. The van der Waals surface area contributed by atoms with Crippen LogP contribution in [0.2, 0.25) is 0 Å². The molecule has 27 heavy (non-hydrogen) atoms. The van der Waals surface area contributed by atoms with Crippen LogP contribution in [0, 0.1) is 0 Å². The standard InChI is InChI=1S/C18H18N4O4S/c1-11(12-3-4-15(26-2)13(7-12)8-17(24)25)20-21-16(23)9-14-10-22-5-6-27-18(22)19-14/h3-7,10H,8-9H2,1-2H3,(H,21,23)(H,24,25)/p-1/b20-11-. The molecule has 1 aromatic carbocycles. The summed E-state index contributed by atoms with van der Waals surface area (Å²) < 4.78 is 7.01. The molecule has 1 N–H and O–H groups in total. The molecule has 0 bridgehead atoms. The molecule has 8 nitrogen and oxygen atoms in total. The van der Waals surface area contributed by atoms with E-state index >= 15 is 0 Å². The molecule has 0 saturated heterocycles. The summed E-state index contributed by atoms with van der Waals surface area (Å²) in [6, 6.07) is 5.06. The molecule has 0 radical (unpaired) electrons. The maximum atomic E-state index is 12.1. The van der Waals surface area contributed by atoms with Gasteiger partial charge in [-0.2, -0.15) is 5.10 Å². The lowest BCUT2D eigenvalue weighted by atomic mass is 10.0. The van der Waals surface area contributed by atoms with Crippen LogP contribution in [0.4, 0.5) is 0 Å². The van der Waals surface area contributed by atoms with Gasteiger partial charge in [0.05, 0.1) is 24.9 Å². The van der Waals surface area contributed by atoms with E-state index in [1.165, 1.54) is 18.4 Å². The van der Waals surface area contributed by atoms with E-state index in [0.717, 1.165) is 4.96 Å². The van der Waals surface area contributed by atoms with Gasteiger partial charge in [0, 0.05) is 35.7 Å². The van der Waals surface area contributed by atoms with E-state index in [-0.39, 0.29) is 18.7 Å². The number of imidazole rings is 1. The summed E-state index contributed by atoms with van der Waals surface area (Å²) in [5, 5.41) is 16.9. The number of aliphatic carboxylic acids is 1. The first-order valence-corrected chi connectivity index (χ1v) is 8.95. The fourth-order valence-corrected chi connectivity index (χ4v) is 3.29. The Hall–Kier alpha value is -3.20. The van der Waals surface area contributed by atoms with E-state index in [2.05, 4.69) is 15.5 Å². The van der Waals surface area contributed by atoms with Gasteiger partial charge in [-0.1, -0.05) is 0 Å². The molecule has 9 heteroatoms. The zero-order valence-electron chi connectivity index (χ0n) is 14.8. The predicted octanol–water partition coefficient (Wildman–Crippen LogP) is 0.780. The summed E-state index contributed by atoms with van der Waals surface area (Å²) in [7, 11) is 1.47. The summed E-state index contributed by atoms with van der Waals surface area (Å²) in [5.74, 6) is -1.03. The van der Waals surface area contributed by atoms with Gasteiger partial charge in [0.1, 0.15) is 5.75 Å². The zero-order valence-corrected chi connectivity index (χ0v) is 15.6. The molecule has 1 amide bonds. The second-order valence-electron chi connectivity index (χ2n) is 5.81. The Morgan fingerprint density at radius 1 is 1.37 bits per heavy atom. The van der Waals surface area contributed by atoms with E-state index in [9.17, 15) is 14.7 Å². The third-order valence-electron chi connectivity index (χ3n) is 3.87. The molecular weight excluding hydrogens is 368 g/mol. The minimum Gasteiger partial charge on any atom is -0.550 e. The number of hydrogen-bond acceptors (Lipinski definition) is 7. The lowest BCUT2D eigenvalue weighted by Gasteiger charge is -2.11. The number of carbonyl (C=O) groups excluding carboxylic acids is 2. The number of nitrogens with one attached hydrogen (secondary N) is 1. The molecule has 0 unspecified atom stereocenters. The molecule has 140 valence electrons. The third kappa shape index (κ3) is 4.50. The number of fused-ring (bicyclic) bond motifs is 1. The number of ether oxygens (including phenoxy) is 1. The number of methoxy groups -OCH3 is 1. The van der Waals surface area contributed by atoms with Crippen molar-refractivity contribution in [2.24, 2.45) is 5.10 Å². The maximum Gasteiger partial charge on any atom is 0.246 e. The lowest BCUT2D eigenvalue weighted by molar-refractivity contribution is -0.304. The first-order valence-electron chi connectivity index (χ1n) is 8.07. The number of carboxylic acids is 1. The third-order valence-corrected chi connectivity index (χ3v) is 4.64. The number of amides is 1. The zero-order chi connectivity index (χ0) is 19.4. The Balaban J connectivity index is 1.68. The molecule has 0 atom stereocenters. The second-order valence-corrected chi connectivity index (χ2v) is 6.68. The quantitative estimate of drug-likeness (QED) is 0.478. The SMILES string of the molecule is COc1ccc(/C(C)=N\NC(=O)Cc2cn3ccsc3n2)cc1CC(=O)[O-]. The van der Waals surface area contributed by atoms with Crippen LogP contribution in [0.1, 0.15) is 23.7 Å². The molecule has 0 spiro atoms. The number of aromatic nitrogens is 2. The van der Waals surface area contributed by atoms with Crippen LogP contribution >= 0.6 is 11.3 Å². The van der Waals surface area contributed by atoms with Crippen molar-refractivity contribution in [3.8, 4) is 5.75 Å². The van der Waals surface area contributed by atoms with E-state index in [4.69, 9.17) is 4.74 Å². The number of carboxylic acid groups (broad SMARTS) is 1. The van der Waals surface area contributed by atoms with Crippen molar-refractivity contribution in [3.63, 3.8) is 0 Å². The van der Waals surface area contributed by atoms with Crippen molar-refractivity contribution in [1.82, 2.24) is 14.8 Å². The van der Waals surface area contributed by atoms with Crippen LogP contribution in [0.25, 0.3) is 4.96 Å². The molecular formula is C18H17N4O4S-. The van der Waals surface area contributed by atoms with E-state index in [1.54, 1.807) is 31.3 Å². The Labute approximate surface area is 159 Å². The molecule has 3 rings (SSSR count). The second kappa shape index (κ2) is 8.00. The van der Waals surface area contributed by atoms with Crippen molar-refractivity contribution in [2.75, 3.05) is 7.11 Å². The molecule has 2 heterocycles. The van der Waals surface area contributed by atoms with Gasteiger partial charge >= 0.3 is 0 Å². The molecule has 0 aliphatic heterocycles. The fraction of sp³-hybridized carbons (Fsp3) is 0.222. The number of thiazole rings is 1. The number of nitrogens with zero attached hydrogens (tertiary/aromatic N) is 3. The van der Waals surface area contributed by atoms with Crippen molar-refractivity contribution in [3.05, 3.63) is 52.8 Å². The van der Waals surface area contributed by atoms with Crippen LogP contribution in [0.15, 0.2) is 41.1 Å². The van der Waals surface area contributed by atoms with Crippen molar-refractivity contribution < 1.29 is 19.4 Å². The molecule has 0 aliphatic carbocycles. The van der Waals surface area contributed by atoms with Gasteiger partial charge < -0.3 is 14.6 Å². The first kappa shape index (κ1) is 18.6. The van der Waals surface area contributed by atoms with Crippen molar-refractivity contribution in [1.29, 1.82) is 0 Å². The van der Waals surface area contributed by atoms with Crippen LogP contribution in [-0.4, -0.2) is 34.1 Å². The van der Waals surface area contributed by atoms with Crippen molar-refractivity contribution >= 4 is 33.9 Å². The van der Waals surface area contributed by atoms with Crippen LogP contribution in [-0.2, 0) is 22.4 Å². The maximum absolute atomic E-state index is 12.1. The molecule has 0 fully saturated rings. The number of benzene rings is 1. The number of hydrogen-bond donors (Lipinski definition) is 1. The van der Waals surface area contributed by atoms with Crippen LogP contribution < -0.4 is 15.3 Å². The summed E-state index contributed by atoms with van der Waals surface area (Å²) >= 11 is 1.50. The largest absolute Gasteiger partial charge is 0.550 e. The monoisotopic (exact) mass is 385 g/mol. The minimum atomic E-state index is -1.20. The first-order chi connectivity index (χ1) is 13.0. The van der Waals surface area contributed by atoms with Crippen LogP contribution in [0.5, 0.6) is 5.75 Å². The van der Waals surface area contributed by atoms with Crippen LogP contribution in [0.3, 0.4) is 0 Å². The summed E-state index contributed by atoms with van der Waals surface area (Å²) in [6.07, 6.45) is 3.53. The Kier molecular flexibility index (Phi) is 5.51. The summed E-state index contributed by atoms with van der Waals surface area (Å²) in [6.45, 7) is 1.72. The Bertz CT molecular complexity index is 993. The minimum absolute atomic E-state index is 0.115. The summed E-state index contributed by atoms with van der Waals surface area (Å²) in [5.41, 5.74) is 4.85. The highest BCUT2D eigenvalue weighted by atomic mass is 32.1. The topological polar surface area (TPSA) is 108 Å². The lowest BCUT2D eigenvalue weighted by Crippen LogP contribution is -2.24. The average molecular weight is 385 g/mol. The number of rotatable bonds is 7. The van der Waals surface area contributed by atoms with Gasteiger partial charge in [-0.25, -0.2) is 10.4 Å². The fourth-order valence-electron chi connectivity index (χ4n) is 2.57. The van der Waals surface area contributed by atoms with Gasteiger partial charge in [0.15, 0.2) is 4.96 Å². The van der Waals surface area contributed by atoms with Crippen molar-refractivity contribution in [2.45, 2.75) is 19.8 Å². The normalized spacial score (nSPS) is 11.6. The van der Waals surface area contributed by atoms with Gasteiger partial charge in [-0.15, -0.1) is 11.3 Å². The average Bonchev–Trinajstić information content (AvgIpc) is 3.20. The Morgan fingerprint density at radius 2 is 2.19 bits per heavy atom.